The standard InChI is InChI=1S/C17H23N3O3S.ClH/c1-11(21)20-7-6-12-8-16(4-5-17(12)20)24(22,23)19-15-9-13-2-3-14(10-15)18-13;/h4-5,8,13-15,18-19H,2-3,6-7,9-10H2,1H3;1H. The highest BCUT2D eigenvalue weighted by Crippen LogP contribution is 2.31. The number of piperidine rings is 1. The number of amides is 1. The zero-order chi connectivity index (χ0) is 16.9. The Morgan fingerprint density at radius 1 is 1.24 bits per heavy atom. The zero-order valence-electron chi connectivity index (χ0n) is 14.2. The predicted molar refractivity (Wildman–Crippen MR) is 98.7 cm³/mol. The zero-order valence-corrected chi connectivity index (χ0v) is 15.8. The second-order valence-corrected chi connectivity index (χ2v) is 8.85. The summed E-state index contributed by atoms with van der Waals surface area (Å²) in [4.78, 5) is 13.6. The Bertz CT molecular complexity index is 771. The number of nitrogens with one attached hydrogen (secondary N) is 2. The molecule has 0 aliphatic carbocycles. The van der Waals surface area contributed by atoms with Crippen LogP contribution in [0.2, 0.25) is 0 Å². The minimum Gasteiger partial charge on any atom is -0.312 e. The van der Waals surface area contributed by atoms with Crippen LogP contribution in [-0.2, 0) is 21.2 Å². The smallest absolute Gasteiger partial charge is 0.240 e. The molecule has 8 heteroatoms. The van der Waals surface area contributed by atoms with Crippen LogP contribution in [0.3, 0.4) is 0 Å². The summed E-state index contributed by atoms with van der Waals surface area (Å²) >= 11 is 0. The molecule has 2 atom stereocenters. The Kier molecular flexibility index (Phi) is 5.12. The van der Waals surface area contributed by atoms with Gasteiger partial charge in [0.1, 0.15) is 0 Å². The molecule has 0 saturated carbocycles. The van der Waals surface area contributed by atoms with Crippen molar-refractivity contribution in [3.05, 3.63) is 23.8 Å². The number of sulfonamides is 1. The molecule has 1 amide bonds. The average molecular weight is 386 g/mol. The lowest BCUT2D eigenvalue weighted by Gasteiger charge is -2.29. The highest BCUT2D eigenvalue weighted by atomic mass is 35.5. The van der Waals surface area contributed by atoms with Gasteiger partial charge < -0.3 is 10.2 Å². The Labute approximate surface area is 154 Å². The van der Waals surface area contributed by atoms with Crippen LogP contribution in [0.5, 0.6) is 0 Å². The van der Waals surface area contributed by atoms with E-state index in [0.29, 0.717) is 29.9 Å². The molecule has 0 spiro atoms. The number of nitrogens with zero attached hydrogens (tertiary/aromatic N) is 1. The van der Waals surface area contributed by atoms with E-state index in [4.69, 9.17) is 0 Å². The van der Waals surface area contributed by atoms with E-state index in [1.165, 1.54) is 6.92 Å². The Morgan fingerprint density at radius 3 is 2.56 bits per heavy atom. The molecule has 1 aromatic carbocycles. The van der Waals surface area contributed by atoms with E-state index >= 15 is 0 Å². The summed E-state index contributed by atoms with van der Waals surface area (Å²) in [5, 5.41) is 3.52. The molecule has 2 N–H and O–H groups in total. The molecule has 2 bridgehead atoms. The van der Waals surface area contributed by atoms with E-state index in [-0.39, 0.29) is 24.4 Å². The quantitative estimate of drug-likeness (QED) is 0.828. The maximum atomic E-state index is 12.7. The summed E-state index contributed by atoms with van der Waals surface area (Å²) in [6.45, 7) is 2.16. The van der Waals surface area contributed by atoms with Crippen molar-refractivity contribution in [3.63, 3.8) is 0 Å². The normalized spacial score (nSPS) is 27.7. The van der Waals surface area contributed by atoms with Gasteiger partial charge in [-0.1, -0.05) is 0 Å². The monoisotopic (exact) mass is 385 g/mol. The molecule has 3 aliphatic rings. The third-order valence-corrected chi connectivity index (χ3v) is 6.95. The number of hydrogen-bond donors (Lipinski definition) is 2. The van der Waals surface area contributed by atoms with E-state index in [1.54, 1.807) is 23.1 Å². The molecule has 4 rings (SSSR count). The van der Waals surface area contributed by atoms with Crippen molar-refractivity contribution in [2.75, 3.05) is 11.4 Å². The fourth-order valence-electron chi connectivity index (χ4n) is 4.31. The fourth-order valence-corrected chi connectivity index (χ4v) is 5.63. The number of benzene rings is 1. The predicted octanol–water partition coefficient (Wildman–Crippen LogP) is 1.58. The van der Waals surface area contributed by atoms with Crippen LogP contribution < -0.4 is 14.9 Å². The molecule has 2 fully saturated rings. The lowest BCUT2D eigenvalue weighted by atomic mass is 10.0. The largest absolute Gasteiger partial charge is 0.312 e. The molecule has 1 aromatic rings. The van der Waals surface area contributed by atoms with E-state index in [0.717, 1.165) is 36.9 Å². The molecule has 25 heavy (non-hydrogen) atoms. The number of carbonyl (C=O) groups is 1. The molecule has 0 aromatic heterocycles. The molecule has 2 unspecified atom stereocenters. The second kappa shape index (κ2) is 6.87. The number of carbonyl (C=O) groups excluding carboxylic acids is 1. The minimum atomic E-state index is -3.52. The Morgan fingerprint density at radius 2 is 1.92 bits per heavy atom. The first kappa shape index (κ1) is 18.6. The summed E-state index contributed by atoms with van der Waals surface area (Å²) in [5.74, 6) is -0.00679. The van der Waals surface area contributed by atoms with Crippen molar-refractivity contribution >= 4 is 34.0 Å². The fraction of sp³-hybridized carbons (Fsp3) is 0.588. The van der Waals surface area contributed by atoms with Crippen molar-refractivity contribution in [1.82, 2.24) is 10.0 Å². The molecule has 3 aliphatic heterocycles. The maximum Gasteiger partial charge on any atom is 0.240 e. The number of hydrogen-bond acceptors (Lipinski definition) is 4. The molecular formula is C17H24ClN3O3S. The lowest BCUT2D eigenvalue weighted by Crippen LogP contribution is -2.47. The molecular weight excluding hydrogens is 362 g/mol. The lowest BCUT2D eigenvalue weighted by molar-refractivity contribution is -0.116. The van der Waals surface area contributed by atoms with Gasteiger partial charge in [-0.3, -0.25) is 4.79 Å². The summed E-state index contributed by atoms with van der Waals surface area (Å²) in [6, 6.07) is 5.98. The van der Waals surface area contributed by atoms with Gasteiger partial charge in [0.05, 0.1) is 4.90 Å². The Balaban J connectivity index is 0.00000182. The molecule has 2 saturated heterocycles. The van der Waals surface area contributed by atoms with E-state index in [1.807, 2.05) is 0 Å². The SMILES string of the molecule is CC(=O)N1CCc2cc(S(=O)(=O)NC3CC4CCC(C3)N4)ccc21.Cl. The van der Waals surface area contributed by atoms with E-state index < -0.39 is 10.0 Å². The average Bonchev–Trinajstić information content (AvgIpc) is 3.09. The summed E-state index contributed by atoms with van der Waals surface area (Å²) in [6.07, 6.45) is 4.71. The molecule has 0 radical (unpaired) electrons. The molecule has 138 valence electrons. The molecule has 3 heterocycles. The number of halogens is 1. The summed E-state index contributed by atoms with van der Waals surface area (Å²) in [7, 11) is -3.52. The van der Waals surface area contributed by atoms with E-state index in [9.17, 15) is 13.2 Å². The Hall–Kier alpha value is -1.15. The van der Waals surface area contributed by atoms with Gasteiger partial charge in [-0.15, -0.1) is 12.4 Å². The van der Waals surface area contributed by atoms with Gasteiger partial charge in [-0.2, -0.15) is 0 Å². The first-order valence-electron chi connectivity index (χ1n) is 8.62. The first-order valence-corrected chi connectivity index (χ1v) is 10.1. The van der Waals surface area contributed by atoms with E-state index in [2.05, 4.69) is 10.0 Å². The first-order chi connectivity index (χ1) is 11.4. The van der Waals surface area contributed by atoms with Gasteiger partial charge >= 0.3 is 0 Å². The van der Waals surface area contributed by atoms with Crippen LogP contribution in [0.4, 0.5) is 5.69 Å². The van der Waals surface area contributed by atoms with Gasteiger partial charge in [0.25, 0.3) is 0 Å². The van der Waals surface area contributed by atoms with Crippen molar-refractivity contribution in [2.24, 2.45) is 0 Å². The summed E-state index contributed by atoms with van der Waals surface area (Å²) in [5.41, 5.74) is 1.76. The van der Waals surface area contributed by atoms with Crippen LogP contribution in [-0.4, -0.2) is 39.0 Å². The van der Waals surface area contributed by atoms with Crippen molar-refractivity contribution < 1.29 is 13.2 Å². The van der Waals surface area contributed by atoms with Crippen LogP contribution in [0.1, 0.15) is 38.2 Å². The van der Waals surface area contributed by atoms with Crippen LogP contribution in [0.25, 0.3) is 0 Å². The van der Waals surface area contributed by atoms with Crippen LogP contribution >= 0.6 is 12.4 Å². The topological polar surface area (TPSA) is 78.5 Å². The van der Waals surface area contributed by atoms with Gasteiger partial charge in [-0.25, -0.2) is 13.1 Å². The second-order valence-electron chi connectivity index (χ2n) is 7.14. The summed E-state index contributed by atoms with van der Waals surface area (Å²) < 4.78 is 28.4. The third-order valence-electron chi connectivity index (χ3n) is 5.43. The van der Waals surface area contributed by atoms with Gasteiger partial charge in [0.2, 0.25) is 15.9 Å². The molecule has 6 nitrogen and oxygen atoms in total. The minimum absolute atomic E-state index is 0. The van der Waals surface area contributed by atoms with Crippen molar-refractivity contribution in [3.8, 4) is 0 Å². The number of fused-ring (bicyclic) bond motifs is 3. The third kappa shape index (κ3) is 3.56. The number of rotatable bonds is 3. The van der Waals surface area contributed by atoms with Gasteiger partial charge in [-0.05, 0) is 55.9 Å². The highest BCUT2D eigenvalue weighted by molar-refractivity contribution is 7.89. The number of anilines is 1. The van der Waals surface area contributed by atoms with Crippen LogP contribution in [0.15, 0.2) is 23.1 Å². The maximum absolute atomic E-state index is 12.7. The van der Waals surface area contributed by atoms with Gasteiger partial charge in [0.15, 0.2) is 0 Å². The highest BCUT2D eigenvalue weighted by Gasteiger charge is 2.35. The van der Waals surface area contributed by atoms with Crippen molar-refractivity contribution in [1.29, 1.82) is 0 Å². The van der Waals surface area contributed by atoms with Gasteiger partial charge in [0, 0.05) is 37.3 Å². The van der Waals surface area contributed by atoms with Crippen LogP contribution in [0, 0.1) is 0 Å². The van der Waals surface area contributed by atoms with Crippen molar-refractivity contribution in [2.45, 2.75) is 62.0 Å².